The number of esters is 4. The minimum atomic E-state index is -4.96. The van der Waals surface area contributed by atoms with Gasteiger partial charge >= 0.3 is 39.5 Å². The number of aliphatic hydroxyl groups is 1. The van der Waals surface area contributed by atoms with E-state index in [4.69, 9.17) is 37.0 Å². The summed E-state index contributed by atoms with van der Waals surface area (Å²) in [5, 5.41) is 10.6. The fraction of sp³-hybridized carbons (Fsp3) is 0.951. The van der Waals surface area contributed by atoms with Gasteiger partial charge in [-0.15, -0.1) is 0 Å². The van der Waals surface area contributed by atoms with Crippen LogP contribution >= 0.6 is 15.6 Å². The van der Waals surface area contributed by atoms with Crippen molar-refractivity contribution < 1.29 is 80.2 Å². The molecule has 0 amide bonds. The first kappa shape index (κ1) is 99.1. The second-order valence-electron chi connectivity index (χ2n) is 31.4. The molecule has 0 aliphatic rings. The molecular formula is C82H160O17P2. The Hall–Kier alpha value is -1.94. The number of hydrogen-bond acceptors (Lipinski definition) is 15. The number of hydrogen-bond donors (Lipinski definition) is 3. The zero-order valence-electron chi connectivity index (χ0n) is 66.5. The molecule has 17 nitrogen and oxygen atoms in total. The molecule has 0 bridgehead atoms. The van der Waals surface area contributed by atoms with Gasteiger partial charge in [-0.05, 0) is 49.4 Å². The second kappa shape index (κ2) is 71.0. The number of rotatable bonds is 79. The maximum atomic E-state index is 13.1. The van der Waals surface area contributed by atoms with E-state index >= 15 is 0 Å². The molecule has 0 fully saturated rings. The second-order valence-corrected chi connectivity index (χ2v) is 34.3. The van der Waals surface area contributed by atoms with E-state index in [0.717, 1.165) is 114 Å². The predicted octanol–water partition coefficient (Wildman–Crippen LogP) is 24.4. The summed E-state index contributed by atoms with van der Waals surface area (Å²) in [5.74, 6) is 0.946. The largest absolute Gasteiger partial charge is 0.472 e. The monoisotopic (exact) mass is 1480 g/mol. The van der Waals surface area contributed by atoms with Crippen molar-refractivity contribution in [1.29, 1.82) is 0 Å². The highest BCUT2D eigenvalue weighted by Crippen LogP contribution is 2.45. The minimum Gasteiger partial charge on any atom is -0.462 e. The summed E-state index contributed by atoms with van der Waals surface area (Å²) < 4.78 is 68.7. The summed E-state index contributed by atoms with van der Waals surface area (Å²) in [6.45, 7) is 14.2. The molecule has 600 valence electrons. The number of ether oxygens (including phenoxy) is 4. The Morgan fingerprint density at radius 1 is 0.248 bits per heavy atom. The van der Waals surface area contributed by atoms with Crippen LogP contribution in [-0.4, -0.2) is 96.7 Å². The SMILES string of the molecule is CC(C)CCCCCCCCCCCCCCCCCCCCC(=O)O[C@H](COC(=O)CCCCCCCCCCC(C)C)COP(=O)(O)OCC(O)COP(=O)(O)OC[C@@H](COC(=O)CCCCCCCCCC(C)C)OC(=O)CCCCCCCCCCCCCCCCCCC(C)C. The average molecular weight is 1480 g/mol. The molecule has 0 aromatic carbocycles. The van der Waals surface area contributed by atoms with Gasteiger partial charge < -0.3 is 33.8 Å². The van der Waals surface area contributed by atoms with Crippen molar-refractivity contribution in [2.45, 2.75) is 440 Å². The lowest BCUT2D eigenvalue weighted by Crippen LogP contribution is -2.30. The molecule has 3 unspecified atom stereocenters. The lowest BCUT2D eigenvalue weighted by atomic mass is 10.0. The normalized spacial score (nSPS) is 14.0. The van der Waals surface area contributed by atoms with Crippen LogP contribution in [0.3, 0.4) is 0 Å². The van der Waals surface area contributed by atoms with Crippen molar-refractivity contribution in [3.8, 4) is 0 Å². The first-order valence-electron chi connectivity index (χ1n) is 42.2. The van der Waals surface area contributed by atoms with E-state index in [1.807, 2.05) is 0 Å². The zero-order chi connectivity index (χ0) is 74.6. The number of unbranched alkanes of at least 4 members (excludes halogenated alkanes) is 45. The number of carbonyl (C=O) groups excluding carboxylic acids is 4. The quantitative estimate of drug-likeness (QED) is 0.0222. The van der Waals surface area contributed by atoms with Crippen LogP contribution in [0.5, 0.6) is 0 Å². The van der Waals surface area contributed by atoms with Gasteiger partial charge in [0.05, 0.1) is 26.4 Å². The highest BCUT2D eigenvalue weighted by molar-refractivity contribution is 7.47. The van der Waals surface area contributed by atoms with Crippen LogP contribution in [0.25, 0.3) is 0 Å². The van der Waals surface area contributed by atoms with Gasteiger partial charge in [-0.1, -0.05) is 370 Å². The molecular weight excluding hydrogens is 1320 g/mol. The van der Waals surface area contributed by atoms with Gasteiger partial charge in [-0.25, -0.2) is 9.13 Å². The van der Waals surface area contributed by atoms with Crippen molar-refractivity contribution in [3.63, 3.8) is 0 Å². The van der Waals surface area contributed by atoms with Gasteiger partial charge in [0, 0.05) is 25.7 Å². The molecule has 19 heteroatoms. The Bertz CT molecular complexity index is 1970. The van der Waals surface area contributed by atoms with Crippen LogP contribution in [0.2, 0.25) is 0 Å². The molecule has 0 aromatic heterocycles. The zero-order valence-corrected chi connectivity index (χ0v) is 68.3. The summed E-state index contributed by atoms with van der Waals surface area (Å²) in [6, 6.07) is 0. The predicted molar refractivity (Wildman–Crippen MR) is 414 cm³/mol. The topological polar surface area (TPSA) is 237 Å². The summed E-state index contributed by atoms with van der Waals surface area (Å²) in [5.41, 5.74) is 0. The highest BCUT2D eigenvalue weighted by atomic mass is 31.2. The summed E-state index contributed by atoms with van der Waals surface area (Å²) in [4.78, 5) is 73.0. The van der Waals surface area contributed by atoms with Gasteiger partial charge in [-0.3, -0.25) is 37.3 Å². The Labute approximate surface area is 619 Å². The molecule has 0 saturated heterocycles. The van der Waals surface area contributed by atoms with Crippen LogP contribution in [-0.2, 0) is 65.4 Å². The van der Waals surface area contributed by atoms with Crippen molar-refractivity contribution in [2.24, 2.45) is 23.7 Å². The fourth-order valence-electron chi connectivity index (χ4n) is 12.6. The van der Waals surface area contributed by atoms with Crippen molar-refractivity contribution in [2.75, 3.05) is 39.6 Å². The van der Waals surface area contributed by atoms with E-state index in [-0.39, 0.29) is 25.7 Å². The average Bonchev–Trinajstić information content (AvgIpc) is 0.952. The first-order valence-corrected chi connectivity index (χ1v) is 45.2. The molecule has 5 atom stereocenters. The summed E-state index contributed by atoms with van der Waals surface area (Å²) in [6.07, 6.45) is 58.5. The molecule has 0 aliphatic heterocycles. The standard InChI is InChI=1S/C82H160O17P2/c1-72(2)58-50-42-34-27-23-19-15-11-9-10-12-17-21-25-29-39-48-56-64-81(86)98-77(68-92-79(84)62-54-46-38-32-31-36-44-52-60-74(5)6)70-96-100(88,89)94-66-76(83)67-95-101(90,91)97-71-78(69-93-80(85)63-55-47-41-33-37-45-53-61-75(7)8)99-82(87)65-57-49-40-30-26-22-18-14-13-16-20-24-28-35-43-51-59-73(3)4/h72-78,83H,9-71H2,1-8H3,(H,88,89)(H,90,91)/t76?,77-,78-/m1/s1. The summed E-state index contributed by atoms with van der Waals surface area (Å²) in [7, 11) is -9.92. The highest BCUT2D eigenvalue weighted by Gasteiger charge is 2.30. The lowest BCUT2D eigenvalue weighted by Gasteiger charge is -2.21. The Kier molecular flexibility index (Phi) is 69.6. The number of phosphoric ester groups is 2. The van der Waals surface area contributed by atoms with Gasteiger partial charge in [-0.2, -0.15) is 0 Å². The third kappa shape index (κ3) is 76.1. The lowest BCUT2D eigenvalue weighted by molar-refractivity contribution is -0.161. The molecule has 0 aromatic rings. The summed E-state index contributed by atoms with van der Waals surface area (Å²) >= 11 is 0. The van der Waals surface area contributed by atoms with E-state index in [9.17, 15) is 43.2 Å². The number of aliphatic hydroxyl groups excluding tert-OH is 1. The third-order valence-corrected chi connectivity index (χ3v) is 21.0. The van der Waals surface area contributed by atoms with Crippen LogP contribution < -0.4 is 0 Å². The molecule has 0 radical (unpaired) electrons. The van der Waals surface area contributed by atoms with Gasteiger partial charge in [0.1, 0.15) is 19.3 Å². The van der Waals surface area contributed by atoms with Gasteiger partial charge in [0.15, 0.2) is 12.2 Å². The smallest absolute Gasteiger partial charge is 0.462 e. The molecule has 0 rings (SSSR count). The van der Waals surface area contributed by atoms with Crippen molar-refractivity contribution in [3.05, 3.63) is 0 Å². The van der Waals surface area contributed by atoms with Crippen molar-refractivity contribution in [1.82, 2.24) is 0 Å². The van der Waals surface area contributed by atoms with Crippen molar-refractivity contribution >= 4 is 39.5 Å². The molecule has 0 heterocycles. The Morgan fingerprint density at radius 2 is 0.416 bits per heavy atom. The van der Waals surface area contributed by atoms with E-state index in [1.165, 1.54) is 218 Å². The van der Waals surface area contributed by atoms with E-state index in [1.54, 1.807) is 0 Å². The molecule has 0 aliphatic carbocycles. The van der Waals surface area contributed by atoms with E-state index in [2.05, 4.69) is 55.4 Å². The maximum absolute atomic E-state index is 13.1. The van der Waals surface area contributed by atoms with Gasteiger partial charge in [0.25, 0.3) is 0 Å². The minimum absolute atomic E-state index is 0.107. The number of phosphoric acid groups is 2. The van der Waals surface area contributed by atoms with Crippen LogP contribution in [0, 0.1) is 23.7 Å². The van der Waals surface area contributed by atoms with E-state index < -0.39 is 97.5 Å². The maximum Gasteiger partial charge on any atom is 0.472 e. The van der Waals surface area contributed by atoms with Gasteiger partial charge in [0.2, 0.25) is 0 Å². The molecule has 0 saturated carbocycles. The van der Waals surface area contributed by atoms with Crippen LogP contribution in [0.1, 0.15) is 421 Å². The Balaban J connectivity index is 5.18. The number of carbonyl (C=O) groups is 4. The van der Waals surface area contributed by atoms with Crippen LogP contribution in [0.4, 0.5) is 0 Å². The molecule has 101 heavy (non-hydrogen) atoms. The van der Waals surface area contributed by atoms with Crippen LogP contribution in [0.15, 0.2) is 0 Å². The van der Waals surface area contributed by atoms with E-state index in [0.29, 0.717) is 31.6 Å². The fourth-order valence-corrected chi connectivity index (χ4v) is 14.2. The third-order valence-electron chi connectivity index (χ3n) is 19.1. The molecule has 3 N–H and O–H groups in total. The first-order chi connectivity index (χ1) is 48.6. The molecule has 0 spiro atoms. The Morgan fingerprint density at radius 3 is 0.614 bits per heavy atom.